The monoisotopic (exact) mass is 1650 g/mol. The minimum Gasteiger partial charge on any atom is -0.481 e. The largest absolute Gasteiger partial charge is 0.481 e. The van der Waals surface area contributed by atoms with Crippen molar-refractivity contribution in [2.24, 2.45) is 62.3 Å². The van der Waals surface area contributed by atoms with Gasteiger partial charge in [-0.15, -0.1) is 23.1 Å². The van der Waals surface area contributed by atoms with Crippen LogP contribution in [0.25, 0.3) is 0 Å². The number of hydrogen-bond donors (Lipinski definition) is 21. The molecule has 0 radical (unpaired) electrons. The first-order valence-electron chi connectivity index (χ1n) is 36.9. The molecule has 0 spiro atoms. The summed E-state index contributed by atoms with van der Waals surface area (Å²) in [6, 6.07) is -19.3. The highest BCUT2D eigenvalue weighted by Crippen LogP contribution is 2.31. The van der Waals surface area contributed by atoms with Gasteiger partial charge in [-0.1, -0.05) is 61.8 Å². The predicted octanol–water partition coefficient (Wildman–Crippen LogP) is -7.86. The Morgan fingerprint density at radius 2 is 1.04 bits per heavy atom. The SMILES string of the molecule is CC[C@H](C)[C@@H]1NC(=O)[C@H](CCC(N)=O)NC(=O)[C@H](CCCN=C(N)N)NC(=O)[C@H](CC(C)C)NC(=O)CNC(=O)[C@H](CC(=O)O)NC(=O)[C@H](C(C)C)NC(=O)[C@H](C(C)C)NC(=O)[C@H](CC(N)=O)NC(=O)[C@@H]2CCCN2C(=O)[C@@H]2CSC(=N2)c2cc(cs2)CC(C(N)=O)NC(=O)[C@H]([C@@H](C)O)NC(=O)[C@H](CC(=O)O)NC(=O)CNC1=O. The number of aliphatic imine (C=N–C) groups is 2. The van der Waals surface area contributed by atoms with E-state index in [1.54, 1.807) is 32.2 Å². The van der Waals surface area contributed by atoms with E-state index in [0.717, 1.165) is 18.3 Å². The minimum absolute atomic E-state index is 0.0250. The standard InChI is InChI=1S/C69H107N21O22S2/c1-10-32(8)53-63(108)77-26-48(95)79-41(24-50(98)99)61(106)89-54(33(9)91)66(111)82-37(55(72)100)20-34-21-44(113-27-34)67-85-42(28-114-67)68(112)90-18-12-14-43(90)62(107)83-39(22-46(71)93)60(105)86-52(31(6)7)65(110)87-51(30(4)5)64(109)84-40(23-49(96)97)56(101)76-25-47(94)78-38(19-29(2)3)59(104)80-35(13-11-17-75-69(73)74)57(102)81-36(58(103)88-53)15-16-45(70)92/h21,27,29-33,35-43,51-54,91H,10-20,22-26,28H2,1-9H3,(H2,70,92)(H2,71,93)(H2,72,100)(H,76,101)(H,77,108)(H,78,94)(H,79,95)(H,80,104)(H,81,102)(H,82,111)(H,83,107)(H,84,109)(H,86,105)(H,87,110)(H,88,103)(H,89,106)(H,96,97)(H,98,99)(H4,73,74,75)/t32-,33+,35-,36-,37?,38-,39-,40-,41-,42-,43-,51-,52-,53-,54-/m0/s1. The number of rotatable bonds is 21. The van der Waals surface area contributed by atoms with Gasteiger partial charge in [-0.05, 0) is 86.1 Å². The number of nitrogens with zero attached hydrogens (tertiary/aromatic N) is 3. The van der Waals surface area contributed by atoms with Crippen LogP contribution in [-0.4, -0.2) is 260 Å². The number of fused-ring (bicyclic) bond motifs is 5. The minimum atomic E-state index is -2.01. The molecule has 0 aliphatic carbocycles. The highest BCUT2D eigenvalue weighted by molar-refractivity contribution is 8.15. The third-order valence-corrected chi connectivity index (χ3v) is 20.5. The van der Waals surface area contributed by atoms with Crippen molar-refractivity contribution in [3.8, 4) is 0 Å². The fraction of sp³-hybridized carbons (Fsp3) is 0.638. The molecule has 0 aromatic carbocycles. The fourth-order valence-corrected chi connectivity index (χ4v) is 14.0. The molecule has 1 fully saturated rings. The van der Waals surface area contributed by atoms with E-state index in [0.29, 0.717) is 21.9 Å². The summed E-state index contributed by atoms with van der Waals surface area (Å²) < 4.78 is 0. The molecule has 4 rings (SSSR count). The van der Waals surface area contributed by atoms with E-state index in [1.165, 1.54) is 51.3 Å². The lowest BCUT2D eigenvalue weighted by Gasteiger charge is -2.30. The van der Waals surface area contributed by atoms with Crippen LogP contribution in [-0.2, 0) is 97.5 Å². The maximum atomic E-state index is 14.4. The maximum Gasteiger partial charge on any atom is 0.305 e. The lowest BCUT2D eigenvalue weighted by molar-refractivity contribution is -0.142. The molecule has 1 saturated heterocycles. The molecule has 0 saturated carbocycles. The predicted molar refractivity (Wildman–Crippen MR) is 409 cm³/mol. The van der Waals surface area contributed by atoms with Crippen molar-refractivity contribution >= 4 is 146 Å². The van der Waals surface area contributed by atoms with Gasteiger partial charge in [0.15, 0.2) is 5.96 Å². The Hall–Kier alpha value is -11.1. The molecule has 43 nitrogen and oxygen atoms in total. The molecular formula is C69H107N21O22S2. The average molecular weight is 1650 g/mol. The first kappa shape index (κ1) is 95.3. The Morgan fingerprint density at radius 1 is 0.561 bits per heavy atom. The summed E-state index contributed by atoms with van der Waals surface area (Å²) in [4.78, 5) is 269. The number of carboxylic acid groups (broad SMARTS) is 2. The smallest absolute Gasteiger partial charge is 0.305 e. The number of aliphatic hydroxyl groups is 1. The molecule has 3 aliphatic rings. The van der Waals surface area contributed by atoms with E-state index >= 15 is 0 Å². The Balaban J connectivity index is 1.77. The van der Waals surface area contributed by atoms with Gasteiger partial charge in [-0.3, -0.25) is 101 Å². The number of amides is 17. The molecule has 26 N–H and O–H groups in total. The number of thiophene rings is 1. The lowest BCUT2D eigenvalue weighted by Crippen LogP contribution is -2.61. The molecule has 4 bridgehead atoms. The summed E-state index contributed by atoms with van der Waals surface area (Å²) in [5.74, 6) is -24.2. The van der Waals surface area contributed by atoms with Gasteiger partial charge >= 0.3 is 11.9 Å². The molecule has 632 valence electrons. The number of carboxylic acids is 2. The number of primary amides is 3. The van der Waals surface area contributed by atoms with Crippen molar-refractivity contribution < 1.29 is 106 Å². The Bertz CT molecular complexity index is 3790. The summed E-state index contributed by atoms with van der Waals surface area (Å²) in [5, 5.41) is 63.3. The van der Waals surface area contributed by atoms with Gasteiger partial charge in [0.2, 0.25) is 100 Å². The zero-order chi connectivity index (χ0) is 85.7. The van der Waals surface area contributed by atoms with Crippen LogP contribution in [0.4, 0.5) is 0 Å². The first-order chi connectivity index (χ1) is 53.4. The van der Waals surface area contributed by atoms with Crippen LogP contribution in [0.5, 0.6) is 0 Å². The zero-order valence-electron chi connectivity index (χ0n) is 64.7. The lowest BCUT2D eigenvalue weighted by atomic mass is 9.97. The van der Waals surface area contributed by atoms with Crippen LogP contribution in [0.3, 0.4) is 0 Å². The van der Waals surface area contributed by atoms with Crippen molar-refractivity contribution in [2.75, 3.05) is 31.9 Å². The Labute approximate surface area is 664 Å². The molecule has 45 heteroatoms. The van der Waals surface area contributed by atoms with Gasteiger partial charge in [0.05, 0.1) is 43.3 Å². The van der Waals surface area contributed by atoms with Crippen LogP contribution in [0.1, 0.15) is 143 Å². The quantitative estimate of drug-likeness (QED) is 0.0309. The zero-order valence-corrected chi connectivity index (χ0v) is 66.3. The average Bonchev–Trinajstić information content (AvgIpc) is 1.65. The van der Waals surface area contributed by atoms with Crippen LogP contribution in [0.2, 0.25) is 0 Å². The van der Waals surface area contributed by atoms with Gasteiger partial charge in [0.25, 0.3) is 0 Å². The van der Waals surface area contributed by atoms with Crippen molar-refractivity contribution in [1.29, 1.82) is 0 Å². The summed E-state index contributed by atoms with van der Waals surface area (Å²) in [6.07, 6.45) is -5.96. The van der Waals surface area contributed by atoms with Crippen LogP contribution in [0, 0.1) is 23.7 Å². The summed E-state index contributed by atoms with van der Waals surface area (Å²) >= 11 is 2.31. The third-order valence-electron chi connectivity index (χ3n) is 18.3. The maximum absolute atomic E-state index is 14.4. The molecule has 15 atom stereocenters. The number of aliphatic hydroxyl groups excluding tert-OH is 1. The molecule has 114 heavy (non-hydrogen) atoms. The third kappa shape index (κ3) is 30.8. The molecule has 3 aliphatic heterocycles. The summed E-state index contributed by atoms with van der Waals surface area (Å²) in [7, 11) is 0. The van der Waals surface area contributed by atoms with Crippen LogP contribution < -0.4 is 97.8 Å². The topological polar surface area (TPSA) is 699 Å². The second-order valence-electron chi connectivity index (χ2n) is 28.9. The van der Waals surface area contributed by atoms with Gasteiger partial charge in [0.1, 0.15) is 83.6 Å². The molecule has 1 aromatic rings. The second kappa shape index (κ2) is 45.5. The number of nitrogens with two attached hydrogens (primary N) is 5. The van der Waals surface area contributed by atoms with E-state index in [2.05, 4.69) is 79.1 Å². The highest BCUT2D eigenvalue weighted by Gasteiger charge is 2.43. The summed E-state index contributed by atoms with van der Waals surface area (Å²) in [6.45, 7) is 11.5. The Kier molecular flexibility index (Phi) is 38.1. The van der Waals surface area contributed by atoms with E-state index in [-0.39, 0.29) is 69.2 Å². The molecule has 1 unspecified atom stereocenters. The normalized spacial score (nSPS) is 26.0. The van der Waals surface area contributed by atoms with E-state index < -0.39 is 260 Å². The van der Waals surface area contributed by atoms with Crippen LogP contribution >= 0.6 is 23.1 Å². The van der Waals surface area contributed by atoms with E-state index in [4.69, 9.17) is 28.7 Å². The number of aliphatic carboxylic acids is 2. The first-order valence-corrected chi connectivity index (χ1v) is 38.8. The highest BCUT2D eigenvalue weighted by atomic mass is 32.2. The second-order valence-corrected chi connectivity index (χ2v) is 30.8. The van der Waals surface area contributed by atoms with E-state index in [9.17, 15) is 106 Å². The number of thioether (sulfide) groups is 1. The number of carbonyl (C=O) groups excluding carboxylic acids is 17. The molecular weight excluding hydrogens is 1540 g/mol. The van der Waals surface area contributed by atoms with Crippen molar-refractivity contribution in [3.05, 3.63) is 21.9 Å². The fourth-order valence-electron chi connectivity index (χ4n) is 12.0. The number of hydrogen-bond acceptors (Lipinski definition) is 24. The van der Waals surface area contributed by atoms with Gasteiger partial charge in [-0.2, -0.15) is 0 Å². The van der Waals surface area contributed by atoms with Gasteiger partial charge < -0.3 is 118 Å². The molecule has 4 heterocycles. The van der Waals surface area contributed by atoms with Crippen molar-refractivity contribution in [1.82, 2.24) is 74.0 Å². The van der Waals surface area contributed by atoms with E-state index in [1.807, 2.05) is 0 Å². The van der Waals surface area contributed by atoms with Gasteiger partial charge in [0, 0.05) is 31.7 Å². The van der Waals surface area contributed by atoms with Gasteiger partial charge in [-0.25, -0.2) is 0 Å². The summed E-state index contributed by atoms with van der Waals surface area (Å²) in [5.41, 5.74) is 28.2. The van der Waals surface area contributed by atoms with Crippen molar-refractivity contribution in [3.63, 3.8) is 0 Å². The Morgan fingerprint density at radius 3 is 1.58 bits per heavy atom. The molecule has 17 amide bonds. The number of nitrogens with one attached hydrogen (secondary N) is 13. The number of guanidine groups is 1. The number of carbonyl (C=O) groups is 19. The van der Waals surface area contributed by atoms with Crippen molar-refractivity contribution in [2.45, 2.75) is 224 Å². The molecule has 1 aromatic heterocycles. The van der Waals surface area contributed by atoms with Crippen LogP contribution in [0.15, 0.2) is 21.4 Å².